The predicted molar refractivity (Wildman–Crippen MR) is 114 cm³/mol. The number of para-hydroxylation sites is 2. The molecule has 3 N–H and O–H groups in total. The highest BCUT2D eigenvalue weighted by molar-refractivity contribution is 5.86. The number of hydrogen-bond acceptors (Lipinski definition) is 5. The summed E-state index contributed by atoms with van der Waals surface area (Å²) in [5.41, 5.74) is 2.07. The second kappa shape index (κ2) is 8.83. The molecule has 8 nitrogen and oxygen atoms in total. The summed E-state index contributed by atoms with van der Waals surface area (Å²) in [5.74, 6) is -1.23. The van der Waals surface area contributed by atoms with E-state index >= 15 is 0 Å². The van der Waals surface area contributed by atoms with Crippen LogP contribution >= 0.6 is 0 Å². The minimum Gasteiger partial charge on any atom is -0.548 e. The molecular weight excluding hydrogens is 396 g/mol. The van der Waals surface area contributed by atoms with Crippen molar-refractivity contribution >= 4 is 33.7 Å². The summed E-state index contributed by atoms with van der Waals surface area (Å²) in [6.45, 7) is 0. The first-order chi connectivity index (χ1) is 15.0. The molecule has 158 valence electrons. The molecule has 1 amide bonds. The molecule has 0 fully saturated rings. The summed E-state index contributed by atoms with van der Waals surface area (Å²) in [4.78, 5) is 46.2. The molecule has 2 aromatic carbocycles. The lowest BCUT2D eigenvalue weighted by atomic mass is 10.0. The Morgan fingerprint density at radius 1 is 1.06 bits per heavy atom. The Labute approximate surface area is 177 Å². The van der Waals surface area contributed by atoms with Crippen molar-refractivity contribution in [2.24, 2.45) is 0 Å². The number of nitrogens with zero attached hydrogens (tertiary/aromatic N) is 1. The van der Waals surface area contributed by atoms with Crippen molar-refractivity contribution in [2.75, 3.05) is 0 Å². The van der Waals surface area contributed by atoms with Crippen LogP contribution in [0.2, 0.25) is 0 Å². The van der Waals surface area contributed by atoms with Gasteiger partial charge in [-0.3, -0.25) is 9.59 Å². The van der Waals surface area contributed by atoms with E-state index in [2.05, 4.69) is 20.3 Å². The number of aliphatic carboxylic acids is 1. The van der Waals surface area contributed by atoms with Crippen molar-refractivity contribution in [3.05, 3.63) is 76.5 Å². The predicted octanol–water partition coefficient (Wildman–Crippen LogP) is 1.20. The summed E-state index contributed by atoms with van der Waals surface area (Å²) in [6, 6.07) is 13.5. The molecule has 0 spiro atoms. The van der Waals surface area contributed by atoms with E-state index in [9.17, 15) is 19.5 Å². The first-order valence-corrected chi connectivity index (χ1v) is 10.0. The molecule has 0 saturated heterocycles. The molecule has 0 radical (unpaired) electrons. The van der Waals surface area contributed by atoms with Crippen LogP contribution in [-0.4, -0.2) is 32.9 Å². The normalized spacial score (nSPS) is 12.1. The monoisotopic (exact) mass is 417 g/mol. The largest absolute Gasteiger partial charge is 0.548 e. The lowest BCUT2D eigenvalue weighted by Crippen LogP contribution is -2.49. The number of aryl methyl sites for hydroxylation is 1. The summed E-state index contributed by atoms with van der Waals surface area (Å²) in [7, 11) is 0. The average molecular weight is 417 g/mol. The molecule has 4 rings (SSSR count). The van der Waals surface area contributed by atoms with Gasteiger partial charge in [-0.25, -0.2) is 4.98 Å². The van der Waals surface area contributed by atoms with Gasteiger partial charge in [0, 0.05) is 36.4 Å². The van der Waals surface area contributed by atoms with Gasteiger partial charge in [0.1, 0.15) is 5.82 Å². The number of aromatic nitrogens is 3. The molecule has 0 aliphatic heterocycles. The zero-order chi connectivity index (χ0) is 21.8. The first kappa shape index (κ1) is 20.3. The molecule has 4 aromatic rings. The molecule has 0 bridgehead atoms. The van der Waals surface area contributed by atoms with E-state index in [1.54, 1.807) is 30.5 Å². The van der Waals surface area contributed by atoms with Gasteiger partial charge in [0.05, 0.1) is 22.9 Å². The van der Waals surface area contributed by atoms with Crippen LogP contribution in [0.1, 0.15) is 24.2 Å². The number of nitrogens with one attached hydrogen (secondary N) is 3. The van der Waals surface area contributed by atoms with Crippen LogP contribution < -0.4 is 16.0 Å². The van der Waals surface area contributed by atoms with Crippen LogP contribution in [0.3, 0.4) is 0 Å². The highest BCUT2D eigenvalue weighted by atomic mass is 16.4. The van der Waals surface area contributed by atoms with E-state index in [-0.39, 0.29) is 18.4 Å². The Balaban J connectivity index is 1.35. The number of hydrogen-bond donors (Lipinski definition) is 3. The second-order valence-electron chi connectivity index (χ2n) is 7.39. The molecule has 0 aliphatic carbocycles. The minimum atomic E-state index is -1.33. The van der Waals surface area contributed by atoms with Crippen LogP contribution in [0.5, 0.6) is 0 Å². The number of carboxylic acids is 1. The van der Waals surface area contributed by atoms with E-state index in [1.165, 1.54) is 0 Å². The zero-order valence-corrected chi connectivity index (χ0v) is 16.7. The summed E-state index contributed by atoms with van der Waals surface area (Å²) >= 11 is 0. The van der Waals surface area contributed by atoms with Crippen molar-refractivity contribution in [3.8, 4) is 0 Å². The number of amides is 1. The highest BCUT2D eigenvalue weighted by Crippen LogP contribution is 2.19. The van der Waals surface area contributed by atoms with Crippen LogP contribution in [0.25, 0.3) is 21.8 Å². The third kappa shape index (κ3) is 4.63. The second-order valence-corrected chi connectivity index (χ2v) is 7.39. The van der Waals surface area contributed by atoms with Gasteiger partial charge in [0.25, 0.3) is 5.56 Å². The van der Waals surface area contributed by atoms with Crippen molar-refractivity contribution < 1.29 is 14.7 Å². The zero-order valence-electron chi connectivity index (χ0n) is 16.7. The van der Waals surface area contributed by atoms with Crippen molar-refractivity contribution in [2.45, 2.75) is 31.7 Å². The SMILES string of the molecule is O=C(CCCc1nc2ccccc2c(=O)[nH]1)NC(Cc1c[nH]c2ccccc12)C(=O)[O-]. The van der Waals surface area contributed by atoms with E-state index in [0.29, 0.717) is 29.6 Å². The van der Waals surface area contributed by atoms with Gasteiger partial charge in [0.2, 0.25) is 5.91 Å². The standard InChI is InChI=1S/C23H22N4O4/c28-21(11-5-10-20-25-18-9-4-2-7-16(18)22(29)27-20)26-19(23(30)31)12-14-13-24-17-8-3-1-6-15(14)17/h1-4,6-9,13,19,24H,5,10-12H2,(H,26,28)(H,30,31)(H,25,27,29)/p-1. The fourth-order valence-corrected chi connectivity index (χ4v) is 3.65. The topological polar surface area (TPSA) is 131 Å². The molecule has 2 aromatic heterocycles. The van der Waals surface area contributed by atoms with E-state index < -0.39 is 17.9 Å². The van der Waals surface area contributed by atoms with Crippen molar-refractivity contribution in [3.63, 3.8) is 0 Å². The molecule has 31 heavy (non-hydrogen) atoms. The van der Waals surface area contributed by atoms with Crippen LogP contribution in [0.15, 0.2) is 59.5 Å². The fraction of sp³-hybridized carbons (Fsp3) is 0.217. The number of aromatic amines is 2. The third-order valence-electron chi connectivity index (χ3n) is 5.20. The fourth-order valence-electron chi connectivity index (χ4n) is 3.65. The first-order valence-electron chi connectivity index (χ1n) is 10.0. The lowest BCUT2D eigenvalue weighted by molar-refractivity contribution is -0.308. The number of rotatable bonds is 8. The summed E-state index contributed by atoms with van der Waals surface area (Å²) < 4.78 is 0. The van der Waals surface area contributed by atoms with Gasteiger partial charge < -0.3 is 25.2 Å². The molecule has 1 unspecified atom stereocenters. The van der Waals surface area contributed by atoms with Crippen molar-refractivity contribution in [1.29, 1.82) is 0 Å². The van der Waals surface area contributed by atoms with Gasteiger partial charge in [-0.2, -0.15) is 0 Å². The summed E-state index contributed by atoms with van der Waals surface area (Å²) in [5, 5.41) is 15.5. The van der Waals surface area contributed by atoms with Crippen LogP contribution in [0, 0.1) is 0 Å². The quantitative estimate of drug-likeness (QED) is 0.397. The number of carbonyl (C=O) groups excluding carboxylic acids is 2. The molecular formula is C23H21N4O4-. The third-order valence-corrected chi connectivity index (χ3v) is 5.20. The van der Waals surface area contributed by atoms with E-state index in [1.807, 2.05) is 24.3 Å². The molecule has 8 heteroatoms. The maximum Gasteiger partial charge on any atom is 0.258 e. The van der Waals surface area contributed by atoms with Gasteiger partial charge >= 0.3 is 0 Å². The van der Waals surface area contributed by atoms with Crippen LogP contribution in [-0.2, 0) is 22.4 Å². The van der Waals surface area contributed by atoms with E-state index in [4.69, 9.17) is 0 Å². The van der Waals surface area contributed by atoms with Gasteiger partial charge in [-0.05, 0) is 30.2 Å². The number of benzene rings is 2. The molecule has 1 atom stereocenters. The molecule has 0 aliphatic rings. The van der Waals surface area contributed by atoms with Gasteiger partial charge in [-0.1, -0.05) is 30.3 Å². The maximum absolute atomic E-state index is 12.3. The van der Waals surface area contributed by atoms with Gasteiger partial charge in [-0.15, -0.1) is 0 Å². The van der Waals surface area contributed by atoms with Crippen molar-refractivity contribution in [1.82, 2.24) is 20.3 Å². The smallest absolute Gasteiger partial charge is 0.258 e. The minimum absolute atomic E-state index is 0.105. The Bertz CT molecular complexity index is 1310. The highest BCUT2D eigenvalue weighted by Gasteiger charge is 2.16. The molecule has 0 saturated carbocycles. The summed E-state index contributed by atoms with van der Waals surface area (Å²) in [6.07, 6.45) is 2.78. The Morgan fingerprint density at radius 3 is 2.61 bits per heavy atom. The Kier molecular flexibility index (Phi) is 5.79. The number of carbonyl (C=O) groups is 2. The molecule has 2 heterocycles. The Hall–Kier alpha value is -3.94. The lowest BCUT2D eigenvalue weighted by Gasteiger charge is -2.19. The number of H-pyrrole nitrogens is 2. The number of carboxylic acid groups (broad SMARTS) is 1. The average Bonchev–Trinajstić information content (AvgIpc) is 3.16. The number of fused-ring (bicyclic) bond motifs is 2. The van der Waals surface area contributed by atoms with Crippen LogP contribution in [0.4, 0.5) is 0 Å². The maximum atomic E-state index is 12.3. The van der Waals surface area contributed by atoms with Gasteiger partial charge in [0.15, 0.2) is 0 Å². The Morgan fingerprint density at radius 2 is 1.81 bits per heavy atom. The van der Waals surface area contributed by atoms with E-state index in [0.717, 1.165) is 16.5 Å².